The second-order valence-corrected chi connectivity index (χ2v) is 4.57. The Kier molecular flexibility index (Phi) is 3.34. The quantitative estimate of drug-likeness (QED) is 0.813. The highest BCUT2D eigenvalue weighted by molar-refractivity contribution is 6.06. The third kappa shape index (κ3) is 2.22. The van der Waals surface area contributed by atoms with Gasteiger partial charge in [0.2, 0.25) is 0 Å². The second kappa shape index (κ2) is 4.78. The van der Waals surface area contributed by atoms with Crippen molar-refractivity contribution in [3.63, 3.8) is 0 Å². The standard InChI is InChI=1S/C13H16N2O3/c1-13(9-18-2)11(16)15(12(17)14-13)8-10-6-4-3-5-7-10/h3-7H,8-9H2,1-2H3,(H,14,17)/t13-/m1/s1. The van der Waals surface area contributed by atoms with Gasteiger partial charge < -0.3 is 10.1 Å². The molecule has 2 rings (SSSR count). The van der Waals surface area contributed by atoms with E-state index in [1.807, 2.05) is 30.3 Å². The molecular formula is C13H16N2O3. The average molecular weight is 248 g/mol. The van der Waals surface area contributed by atoms with Crippen LogP contribution < -0.4 is 5.32 Å². The predicted octanol–water partition coefficient (Wildman–Crippen LogP) is 1.14. The normalized spacial score (nSPS) is 23.3. The van der Waals surface area contributed by atoms with E-state index in [0.29, 0.717) is 0 Å². The van der Waals surface area contributed by atoms with Crippen LogP contribution in [0.2, 0.25) is 0 Å². The maximum Gasteiger partial charge on any atom is 0.325 e. The summed E-state index contributed by atoms with van der Waals surface area (Å²) in [5.74, 6) is -0.252. The molecule has 0 unspecified atom stereocenters. The van der Waals surface area contributed by atoms with Gasteiger partial charge in [0.15, 0.2) is 0 Å². The Labute approximate surface area is 106 Å². The van der Waals surface area contributed by atoms with E-state index in [-0.39, 0.29) is 25.1 Å². The molecule has 1 atom stereocenters. The summed E-state index contributed by atoms with van der Waals surface area (Å²) in [5, 5.41) is 2.66. The Morgan fingerprint density at radius 3 is 2.56 bits per heavy atom. The van der Waals surface area contributed by atoms with Crippen molar-refractivity contribution in [1.82, 2.24) is 10.2 Å². The van der Waals surface area contributed by atoms with E-state index in [2.05, 4.69) is 5.32 Å². The number of imide groups is 1. The number of carbonyl (C=O) groups is 2. The molecule has 0 saturated carbocycles. The van der Waals surface area contributed by atoms with Crippen LogP contribution in [-0.2, 0) is 16.1 Å². The van der Waals surface area contributed by atoms with Gasteiger partial charge in [-0.1, -0.05) is 30.3 Å². The van der Waals surface area contributed by atoms with Crippen molar-refractivity contribution in [1.29, 1.82) is 0 Å². The van der Waals surface area contributed by atoms with Crippen LogP contribution in [0, 0.1) is 0 Å². The second-order valence-electron chi connectivity index (χ2n) is 4.57. The number of carbonyl (C=O) groups excluding carboxylic acids is 2. The SMILES string of the molecule is COC[C@@]1(C)NC(=O)N(Cc2ccccc2)C1=O. The summed E-state index contributed by atoms with van der Waals surface area (Å²) in [4.78, 5) is 25.2. The molecule has 1 aliphatic rings. The maximum absolute atomic E-state index is 12.2. The number of rotatable bonds is 4. The fourth-order valence-corrected chi connectivity index (χ4v) is 2.04. The smallest absolute Gasteiger partial charge is 0.325 e. The lowest BCUT2D eigenvalue weighted by atomic mass is 10.0. The van der Waals surface area contributed by atoms with E-state index < -0.39 is 5.54 Å². The molecule has 18 heavy (non-hydrogen) atoms. The molecule has 0 spiro atoms. The van der Waals surface area contributed by atoms with E-state index in [9.17, 15) is 9.59 Å². The number of hydrogen-bond donors (Lipinski definition) is 1. The van der Waals surface area contributed by atoms with Crippen LogP contribution in [-0.4, -0.2) is 36.1 Å². The highest BCUT2D eigenvalue weighted by atomic mass is 16.5. The Bertz CT molecular complexity index is 461. The number of methoxy groups -OCH3 is 1. The summed E-state index contributed by atoms with van der Waals surface area (Å²) in [6.07, 6.45) is 0. The molecule has 1 saturated heterocycles. The molecule has 0 bridgehead atoms. The minimum Gasteiger partial charge on any atom is -0.382 e. The van der Waals surface area contributed by atoms with Gasteiger partial charge >= 0.3 is 6.03 Å². The third-order valence-electron chi connectivity index (χ3n) is 2.96. The summed E-state index contributed by atoms with van der Waals surface area (Å²) in [6.45, 7) is 2.12. The van der Waals surface area contributed by atoms with Gasteiger partial charge in [-0.15, -0.1) is 0 Å². The van der Waals surface area contributed by atoms with Crippen LogP contribution in [0.1, 0.15) is 12.5 Å². The number of nitrogens with zero attached hydrogens (tertiary/aromatic N) is 1. The topological polar surface area (TPSA) is 58.6 Å². The largest absolute Gasteiger partial charge is 0.382 e. The monoisotopic (exact) mass is 248 g/mol. The van der Waals surface area contributed by atoms with E-state index in [0.717, 1.165) is 5.56 Å². The van der Waals surface area contributed by atoms with Gasteiger partial charge in [0, 0.05) is 7.11 Å². The summed E-state index contributed by atoms with van der Waals surface area (Å²) in [7, 11) is 1.50. The van der Waals surface area contributed by atoms with Gasteiger partial charge in [-0.3, -0.25) is 9.69 Å². The van der Waals surface area contributed by atoms with Crippen molar-refractivity contribution >= 4 is 11.9 Å². The first kappa shape index (κ1) is 12.6. The third-order valence-corrected chi connectivity index (χ3v) is 2.96. The number of urea groups is 1. The molecule has 3 amide bonds. The van der Waals surface area contributed by atoms with Gasteiger partial charge in [0.1, 0.15) is 5.54 Å². The van der Waals surface area contributed by atoms with Gasteiger partial charge in [-0.25, -0.2) is 4.79 Å². The van der Waals surface area contributed by atoms with Crippen LogP contribution in [0.25, 0.3) is 0 Å². The molecule has 1 N–H and O–H groups in total. The van der Waals surface area contributed by atoms with E-state index in [1.54, 1.807) is 6.92 Å². The molecule has 1 aromatic rings. The Balaban J connectivity index is 2.15. The van der Waals surface area contributed by atoms with Crippen molar-refractivity contribution < 1.29 is 14.3 Å². The lowest BCUT2D eigenvalue weighted by Crippen LogP contribution is -2.47. The molecule has 1 heterocycles. The number of nitrogens with one attached hydrogen (secondary N) is 1. The van der Waals surface area contributed by atoms with Crippen molar-refractivity contribution in [2.45, 2.75) is 19.0 Å². The molecule has 5 heteroatoms. The average Bonchev–Trinajstić information content (AvgIpc) is 2.55. The van der Waals surface area contributed by atoms with Crippen molar-refractivity contribution in [3.8, 4) is 0 Å². The fourth-order valence-electron chi connectivity index (χ4n) is 2.04. The molecule has 0 radical (unpaired) electrons. The molecule has 1 fully saturated rings. The molecule has 1 aromatic carbocycles. The molecule has 5 nitrogen and oxygen atoms in total. The lowest BCUT2D eigenvalue weighted by Gasteiger charge is -2.20. The highest BCUT2D eigenvalue weighted by Gasteiger charge is 2.47. The van der Waals surface area contributed by atoms with Crippen molar-refractivity contribution in [2.24, 2.45) is 0 Å². The maximum atomic E-state index is 12.2. The molecular weight excluding hydrogens is 232 g/mol. The van der Waals surface area contributed by atoms with Crippen molar-refractivity contribution in [3.05, 3.63) is 35.9 Å². The van der Waals surface area contributed by atoms with E-state index >= 15 is 0 Å². The predicted molar refractivity (Wildman–Crippen MR) is 65.8 cm³/mol. The van der Waals surface area contributed by atoms with Gasteiger partial charge in [-0.05, 0) is 12.5 Å². The highest BCUT2D eigenvalue weighted by Crippen LogP contribution is 2.20. The van der Waals surface area contributed by atoms with Gasteiger partial charge in [0.25, 0.3) is 5.91 Å². The first-order valence-electron chi connectivity index (χ1n) is 5.74. The summed E-state index contributed by atoms with van der Waals surface area (Å²) in [6, 6.07) is 9.04. The van der Waals surface area contributed by atoms with Crippen LogP contribution >= 0.6 is 0 Å². The first-order valence-corrected chi connectivity index (χ1v) is 5.74. The first-order chi connectivity index (χ1) is 8.57. The zero-order valence-corrected chi connectivity index (χ0v) is 10.5. The number of hydrogen-bond acceptors (Lipinski definition) is 3. The molecule has 0 aliphatic carbocycles. The number of amides is 3. The zero-order valence-electron chi connectivity index (χ0n) is 10.5. The van der Waals surface area contributed by atoms with Crippen LogP contribution in [0.4, 0.5) is 4.79 Å². The zero-order chi connectivity index (χ0) is 13.2. The summed E-state index contributed by atoms with van der Waals surface area (Å²) >= 11 is 0. The Morgan fingerprint density at radius 1 is 1.28 bits per heavy atom. The van der Waals surface area contributed by atoms with Crippen LogP contribution in [0.3, 0.4) is 0 Å². The fraction of sp³-hybridized carbons (Fsp3) is 0.385. The lowest BCUT2D eigenvalue weighted by molar-refractivity contribution is -0.132. The number of ether oxygens (including phenoxy) is 1. The molecule has 1 aliphatic heterocycles. The Morgan fingerprint density at radius 2 is 1.94 bits per heavy atom. The Hall–Kier alpha value is -1.88. The molecule has 0 aromatic heterocycles. The molecule has 96 valence electrons. The number of benzene rings is 1. The van der Waals surface area contributed by atoms with Gasteiger partial charge in [-0.2, -0.15) is 0 Å². The van der Waals surface area contributed by atoms with Gasteiger partial charge in [0.05, 0.1) is 13.2 Å². The van der Waals surface area contributed by atoms with Crippen molar-refractivity contribution in [2.75, 3.05) is 13.7 Å². The van der Waals surface area contributed by atoms with E-state index in [1.165, 1.54) is 12.0 Å². The summed E-state index contributed by atoms with van der Waals surface area (Å²) in [5.41, 5.74) is -0.0386. The van der Waals surface area contributed by atoms with E-state index in [4.69, 9.17) is 4.74 Å². The van der Waals surface area contributed by atoms with Crippen LogP contribution in [0.5, 0.6) is 0 Å². The van der Waals surface area contributed by atoms with Crippen LogP contribution in [0.15, 0.2) is 30.3 Å². The minimum atomic E-state index is -0.958. The minimum absolute atomic E-state index is 0.170. The summed E-state index contributed by atoms with van der Waals surface area (Å²) < 4.78 is 4.98.